The first kappa shape index (κ1) is 13.7. The number of ether oxygens (including phenoxy) is 1. The van der Waals surface area contributed by atoms with E-state index in [1.54, 1.807) is 18.4 Å². The van der Waals surface area contributed by atoms with Gasteiger partial charge in [0.2, 0.25) is 0 Å². The Labute approximate surface area is 124 Å². The van der Waals surface area contributed by atoms with E-state index in [1.165, 1.54) is 29.5 Å². The molecule has 0 amide bonds. The summed E-state index contributed by atoms with van der Waals surface area (Å²) >= 11 is 1.78. The molecule has 3 heteroatoms. The summed E-state index contributed by atoms with van der Waals surface area (Å²) in [6.45, 7) is 1.07. The van der Waals surface area contributed by atoms with Crippen LogP contribution in [0, 0.1) is 0 Å². The summed E-state index contributed by atoms with van der Waals surface area (Å²) < 4.78 is 5.33. The smallest absolute Gasteiger partial charge is 0.119 e. The highest BCUT2D eigenvalue weighted by atomic mass is 32.1. The molecule has 0 spiro atoms. The minimum absolute atomic E-state index is 0.605. The Bertz CT molecular complexity index is 550. The Morgan fingerprint density at radius 2 is 2.25 bits per heavy atom. The molecule has 1 aliphatic rings. The highest BCUT2D eigenvalue weighted by molar-refractivity contribution is 7.07. The molecule has 1 aromatic heterocycles. The highest BCUT2D eigenvalue weighted by Crippen LogP contribution is 2.25. The molecule has 1 heterocycles. The normalized spacial score (nSPS) is 17.8. The van der Waals surface area contributed by atoms with Gasteiger partial charge >= 0.3 is 0 Å². The van der Waals surface area contributed by atoms with Crippen molar-refractivity contribution in [1.29, 1.82) is 0 Å². The second-order valence-corrected chi connectivity index (χ2v) is 6.19. The number of hydrogen-bond acceptors (Lipinski definition) is 3. The number of fused-ring (bicyclic) bond motifs is 1. The SMILES string of the molecule is COc1ccc2c(c1)CC(NCCc1ccsc1)CC2. The number of methoxy groups -OCH3 is 1. The first-order chi connectivity index (χ1) is 9.85. The third-order valence-electron chi connectivity index (χ3n) is 4.07. The van der Waals surface area contributed by atoms with Gasteiger partial charge < -0.3 is 10.1 Å². The maximum absolute atomic E-state index is 5.33. The molecule has 0 aliphatic heterocycles. The van der Waals surface area contributed by atoms with Gasteiger partial charge in [-0.3, -0.25) is 0 Å². The van der Waals surface area contributed by atoms with Gasteiger partial charge in [0.1, 0.15) is 5.75 Å². The Kier molecular flexibility index (Phi) is 4.38. The van der Waals surface area contributed by atoms with Crippen LogP contribution in [-0.2, 0) is 19.3 Å². The Morgan fingerprint density at radius 1 is 1.30 bits per heavy atom. The molecule has 1 unspecified atom stereocenters. The predicted octanol–water partition coefficient (Wildman–Crippen LogP) is 3.45. The van der Waals surface area contributed by atoms with Crippen LogP contribution < -0.4 is 10.1 Å². The van der Waals surface area contributed by atoms with E-state index in [0.717, 1.165) is 25.1 Å². The molecule has 0 saturated heterocycles. The summed E-state index contributed by atoms with van der Waals surface area (Å²) in [5, 5.41) is 8.09. The molecular weight excluding hydrogens is 266 g/mol. The molecule has 2 aromatic rings. The standard InChI is InChI=1S/C17H21NOS/c1-19-17-5-3-14-2-4-16(10-15(14)11-17)18-8-6-13-7-9-20-12-13/h3,5,7,9,11-12,16,18H,2,4,6,8,10H2,1H3. The fourth-order valence-corrected chi connectivity index (χ4v) is 3.59. The van der Waals surface area contributed by atoms with Crippen LogP contribution in [0.3, 0.4) is 0 Å². The summed E-state index contributed by atoms with van der Waals surface area (Å²) in [5.41, 5.74) is 4.38. The van der Waals surface area contributed by atoms with Crippen molar-refractivity contribution < 1.29 is 4.74 Å². The van der Waals surface area contributed by atoms with E-state index in [9.17, 15) is 0 Å². The van der Waals surface area contributed by atoms with Gasteiger partial charge in [-0.2, -0.15) is 11.3 Å². The molecule has 0 radical (unpaired) electrons. The third kappa shape index (κ3) is 3.22. The largest absolute Gasteiger partial charge is 0.497 e. The number of hydrogen-bond donors (Lipinski definition) is 1. The van der Waals surface area contributed by atoms with E-state index in [0.29, 0.717) is 6.04 Å². The van der Waals surface area contributed by atoms with Gasteiger partial charge in [0, 0.05) is 6.04 Å². The van der Waals surface area contributed by atoms with Crippen molar-refractivity contribution in [2.75, 3.05) is 13.7 Å². The van der Waals surface area contributed by atoms with Gasteiger partial charge in [-0.1, -0.05) is 6.07 Å². The average molecular weight is 287 g/mol. The van der Waals surface area contributed by atoms with Crippen molar-refractivity contribution in [3.63, 3.8) is 0 Å². The summed E-state index contributed by atoms with van der Waals surface area (Å²) in [4.78, 5) is 0. The molecule has 106 valence electrons. The number of benzene rings is 1. The zero-order valence-electron chi connectivity index (χ0n) is 11.9. The zero-order valence-corrected chi connectivity index (χ0v) is 12.7. The van der Waals surface area contributed by atoms with E-state index in [2.05, 4.69) is 40.3 Å². The van der Waals surface area contributed by atoms with Gasteiger partial charge in [-0.15, -0.1) is 0 Å². The molecule has 0 saturated carbocycles. The lowest BCUT2D eigenvalue weighted by atomic mass is 9.88. The summed E-state index contributed by atoms with van der Waals surface area (Å²) in [6.07, 6.45) is 4.67. The molecule has 3 rings (SSSR count). The summed E-state index contributed by atoms with van der Waals surface area (Å²) in [5.74, 6) is 0.975. The second kappa shape index (κ2) is 6.42. The average Bonchev–Trinajstić information content (AvgIpc) is 3.00. The maximum Gasteiger partial charge on any atom is 0.119 e. The van der Waals surface area contributed by atoms with Gasteiger partial charge in [0.15, 0.2) is 0 Å². The molecule has 1 aliphatic carbocycles. The van der Waals surface area contributed by atoms with Gasteiger partial charge in [0.05, 0.1) is 7.11 Å². The fraction of sp³-hybridized carbons (Fsp3) is 0.412. The van der Waals surface area contributed by atoms with E-state index < -0.39 is 0 Å². The van der Waals surface area contributed by atoms with Gasteiger partial charge in [-0.25, -0.2) is 0 Å². The first-order valence-electron chi connectivity index (χ1n) is 7.25. The first-order valence-corrected chi connectivity index (χ1v) is 8.19. The van der Waals surface area contributed by atoms with Crippen LogP contribution in [0.5, 0.6) is 5.75 Å². The van der Waals surface area contributed by atoms with Crippen molar-refractivity contribution >= 4 is 11.3 Å². The molecule has 2 nitrogen and oxygen atoms in total. The van der Waals surface area contributed by atoms with Crippen LogP contribution in [0.4, 0.5) is 0 Å². The van der Waals surface area contributed by atoms with E-state index in [1.807, 2.05) is 0 Å². The van der Waals surface area contributed by atoms with Crippen molar-refractivity contribution in [2.45, 2.75) is 31.7 Å². The zero-order chi connectivity index (χ0) is 13.8. The monoisotopic (exact) mass is 287 g/mol. The minimum Gasteiger partial charge on any atom is -0.497 e. The van der Waals surface area contributed by atoms with Crippen molar-refractivity contribution in [3.05, 3.63) is 51.7 Å². The van der Waals surface area contributed by atoms with Gasteiger partial charge in [0.25, 0.3) is 0 Å². The van der Waals surface area contributed by atoms with E-state index in [-0.39, 0.29) is 0 Å². The number of thiophene rings is 1. The van der Waals surface area contributed by atoms with Crippen LogP contribution in [0.25, 0.3) is 0 Å². The van der Waals surface area contributed by atoms with Crippen molar-refractivity contribution in [1.82, 2.24) is 5.32 Å². The second-order valence-electron chi connectivity index (χ2n) is 5.41. The minimum atomic E-state index is 0.605. The molecule has 20 heavy (non-hydrogen) atoms. The van der Waals surface area contributed by atoms with Crippen LogP contribution in [0.1, 0.15) is 23.1 Å². The lowest BCUT2D eigenvalue weighted by molar-refractivity contribution is 0.411. The molecule has 1 N–H and O–H groups in total. The molecule has 0 fully saturated rings. The predicted molar refractivity (Wildman–Crippen MR) is 84.8 cm³/mol. The number of aryl methyl sites for hydroxylation is 1. The summed E-state index contributed by atoms with van der Waals surface area (Å²) in [6, 6.07) is 9.31. The maximum atomic E-state index is 5.33. The number of nitrogens with one attached hydrogen (secondary N) is 1. The molecule has 1 atom stereocenters. The van der Waals surface area contributed by atoms with E-state index in [4.69, 9.17) is 4.74 Å². The Morgan fingerprint density at radius 3 is 3.05 bits per heavy atom. The number of rotatable bonds is 5. The lowest BCUT2D eigenvalue weighted by Crippen LogP contribution is -2.35. The van der Waals surface area contributed by atoms with Gasteiger partial charge in [-0.05, 0) is 77.9 Å². The van der Waals surface area contributed by atoms with Crippen LogP contribution >= 0.6 is 11.3 Å². The van der Waals surface area contributed by atoms with Crippen molar-refractivity contribution in [2.24, 2.45) is 0 Å². The Balaban J connectivity index is 1.55. The molecule has 1 aromatic carbocycles. The topological polar surface area (TPSA) is 21.3 Å². The van der Waals surface area contributed by atoms with Crippen LogP contribution in [0.2, 0.25) is 0 Å². The molecular formula is C17H21NOS. The van der Waals surface area contributed by atoms with E-state index >= 15 is 0 Å². The van der Waals surface area contributed by atoms with Crippen molar-refractivity contribution in [3.8, 4) is 5.75 Å². The highest BCUT2D eigenvalue weighted by Gasteiger charge is 2.18. The van der Waals surface area contributed by atoms with Crippen LogP contribution in [0.15, 0.2) is 35.0 Å². The molecule has 0 bridgehead atoms. The third-order valence-corrected chi connectivity index (χ3v) is 4.80. The Hall–Kier alpha value is -1.32. The lowest BCUT2D eigenvalue weighted by Gasteiger charge is -2.26. The fourth-order valence-electron chi connectivity index (χ4n) is 2.89. The quantitative estimate of drug-likeness (QED) is 0.909. The summed E-state index contributed by atoms with van der Waals surface area (Å²) in [7, 11) is 1.74. The van der Waals surface area contributed by atoms with Crippen LogP contribution in [-0.4, -0.2) is 19.7 Å².